The van der Waals surface area contributed by atoms with Crippen LogP contribution in [0.2, 0.25) is 0 Å². The normalized spacial score (nSPS) is 19.9. The first-order valence-corrected chi connectivity index (χ1v) is 4.27. The number of fused-ring (bicyclic) bond motifs is 1. The Morgan fingerprint density at radius 3 is 2.85 bits per heavy atom. The van der Waals surface area contributed by atoms with Gasteiger partial charge in [0.1, 0.15) is 11.4 Å². The Labute approximate surface area is 81.3 Å². The van der Waals surface area contributed by atoms with Gasteiger partial charge in [0.05, 0.1) is 5.56 Å². The summed E-state index contributed by atoms with van der Waals surface area (Å²) in [5.74, 6) is -1.51. The Bertz CT molecular complexity index is 391. The predicted molar refractivity (Wildman–Crippen MR) is 44.5 cm³/mol. The molecule has 1 atom stereocenters. The highest BCUT2D eigenvalue weighted by atomic mass is 79.9. The molecule has 0 saturated carbocycles. The number of carbonyl (C=O) groups is 1. The van der Waals surface area contributed by atoms with Crippen molar-refractivity contribution < 1.29 is 19.0 Å². The Morgan fingerprint density at radius 1 is 1.54 bits per heavy atom. The Morgan fingerprint density at radius 2 is 2.23 bits per heavy atom. The van der Waals surface area contributed by atoms with Crippen LogP contribution in [0.4, 0.5) is 4.39 Å². The number of rotatable bonds is 0. The lowest BCUT2D eigenvalue weighted by Crippen LogP contribution is -1.97. The van der Waals surface area contributed by atoms with E-state index in [0.29, 0.717) is 4.47 Å². The van der Waals surface area contributed by atoms with Crippen LogP contribution >= 0.6 is 15.9 Å². The van der Waals surface area contributed by atoms with Crippen LogP contribution in [0.1, 0.15) is 22.2 Å². The molecule has 1 unspecified atom stereocenters. The minimum Gasteiger partial charge on any atom is -0.428 e. The molecule has 5 heteroatoms. The van der Waals surface area contributed by atoms with Crippen LogP contribution in [0.3, 0.4) is 0 Å². The van der Waals surface area contributed by atoms with Gasteiger partial charge < -0.3 is 9.84 Å². The lowest BCUT2D eigenvalue weighted by molar-refractivity contribution is -0.0551. The molecule has 3 nitrogen and oxygen atoms in total. The Hall–Kier alpha value is -0.940. The molecule has 1 aromatic carbocycles. The Kier molecular flexibility index (Phi) is 1.85. The van der Waals surface area contributed by atoms with Gasteiger partial charge in [-0.2, -0.15) is 0 Å². The highest BCUT2D eigenvalue weighted by Crippen LogP contribution is 2.35. The van der Waals surface area contributed by atoms with E-state index in [9.17, 15) is 14.3 Å². The summed E-state index contributed by atoms with van der Waals surface area (Å²) >= 11 is 3.09. The van der Waals surface area contributed by atoms with Crippen molar-refractivity contribution in [2.24, 2.45) is 0 Å². The van der Waals surface area contributed by atoms with Crippen molar-refractivity contribution in [3.05, 3.63) is 33.5 Å². The van der Waals surface area contributed by atoms with Crippen molar-refractivity contribution in [2.75, 3.05) is 0 Å². The minimum atomic E-state index is -1.37. The van der Waals surface area contributed by atoms with Crippen LogP contribution in [0, 0.1) is 5.82 Å². The predicted octanol–water partition coefficient (Wildman–Crippen LogP) is 1.75. The molecule has 0 amide bonds. The fourth-order valence-corrected chi connectivity index (χ4v) is 1.76. The number of carbonyl (C=O) groups excluding carboxylic acids is 1. The van der Waals surface area contributed by atoms with Crippen LogP contribution in [0.25, 0.3) is 0 Å². The third-order valence-electron chi connectivity index (χ3n) is 1.81. The summed E-state index contributed by atoms with van der Waals surface area (Å²) in [6.07, 6.45) is -1.37. The summed E-state index contributed by atoms with van der Waals surface area (Å²) in [6.45, 7) is 0. The van der Waals surface area contributed by atoms with E-state index in [1.807, 2.05) is 0 Å². The van der Waals surface area contributed by atoms with Gasteiger partial charge in [0.25, 0.3) is 0 Å². The second kappa shape index (κ2) is 2.78. The standard InChI is InChI=1S/C8H4BrFO3/c9-3-1-2-4(10)6-5(3)7(11)13-8(6)12/h1-2,7,11H. The number of hydrogen-bond donors (Lipinski definition) is 1. The molecule has 0 fully saturated rings. The number of benzene rings is 1. The Balaban J connectivity index is 2.74. The number of aliphatic hydroxyl groups excluding tert-OH is 1. The number of halogens is 2. The van der Waals surface area contributed by atoms with Crippen LogP contribution in [-0.4, -0.2) is 11.1 Å². The summed E-state index contributed by atoms with van der Waals surface area (Å²) in [4.78, 5) is 11.0. The summed E-state index contributed by atoms with van der Waals surface area (Å²) in [6, 6.07) is 2.56. The molecule has 1 N–H and O–H groups in total. The molecular weight excluding hydrogens is 243 g/mol. The summed E-state index contributed by atoms with van der Waals surface area (Å²) in [5, 5.41) is 9.22. The lowest BCUT2D eigenvalue weighted by atomic mass is 10.1. The van der Waals surface area contributed by atoms with Crippen molar-refractivity contribution in [1.82, 2.24) is 0 Å². The van der Waals surface area contributed by atoms with E-state index in [4.69, 9.17) is 0 Å². The fourth-order valence-electron chi connectivity index (χ4n) is 1.24. The highest BCUT2D eigenvalue weighted by molar-refractivity contribution is 9.10. The smallest absolute Gasteiger partial charge is 0.344 e. The van der Waals surface area contributed by atoms with Crippen LogP contribution in [0.5, 0.6) is 0 Å². The number of hydrogen-bond acceptors (Lipinski definition) is 3. The molecule has 1 aromatic rings. The zero-order chi connectivity index (χ0) is 9.59. The van der Waals surface area contributed by atoms with E-state index in [1.54, 1.807) is 0 Å². The number of aliphatic hydroxyl groups is 1. The molecule has 1 aliphatic rings. The van der Waals surface area contributed by atoms with Gasteiger partial charge in [-0.15, -0.1) is 0 Å². The van der Waals surface area contributed by atoms with E-state index >= 15 is 0 Å². The van der Waals surface area contributed by atoms with Gasteiger partial charge in [-0.25, -0.2) is 9.18 Å². The van der Waals surface area contributed by atoms with E-state index in [-0.39, 0.29) is 11.1 Å². The molecular formula is C8H4BrFO3. The largest absolute Gasteiger partial charge is 0.428 e. The molecule has 0 aliphatic carbocycles. The first kappa shape index (κ1) is 8.65. The molecule has 0 radical (unpaired) electrons. The number of ether oxygens (including phenoxy) is 1. The van der Waals surface area contributed by atoms with E-state index in [0.717, 1.165) is 6.07 Å². The maximum absolute atomic E-state index is 13.1. The SMILES string of the molecule is O=C1OC(O)c2c(Br)ccc(F)c21. The van der Waals surface area contributed by atoms with E-state index in [1.165, 1.54) is 6.07 Å². The highest BCUT2D eigenvalue weighted by Gasteiger charge is 2.34. The fraction of sp³-hybridized carbons (Fsp3) is 0.125. The van der Waals surface area contributed by atoms with Gasteiger partial charge in [0.15, 0.2) is 0 Å². The maximum Gasteiger partial charge on any atom is 0.344 e. The van der Waals surface area contributed by atoms with Gasteiger partial charge in [-0.3, -0.25) is 0 Å². The van der Waals surface area contributed by atoms with Gasteiger partial charge in [0, 0.05) is 4.47 Å². The summed E-state index contributed by atoms with van der Waals surface area (Å²) < 4.78 is 18.0. The van der Waals surface area contributed by atoms with Crippen molar-refractivity contribution in [1.29, 1.82) is 0 Å². The average Bonchev–Trinajstić information content (AvgIpc) is 2.36. The minimum absolute atomic E-state index is 0.157. The molecule has 1 aliphatic heterocycles. The van der Waals surface area contributed by atoms with Crippen molar-refractivity contribution in [2.45, 2.75) is 6.29 Å². The van der Waals surface area contributed by atoms with Gasteiger partial charge in [0.2, 0.25) is 6.29 Å². The summed E-state index contributed by atoms with van der Waals surface area (Å²) in [7, 11) is 0. The third-order valence-corrected chi connectivity index (χ3v) is 2.50. The van der Waals surface area contributed by atoms with Crippen LogP contribution in [0.15, 0.2) is 16.6 Å². The van der Waals surface area contributed by atoms with Gasteiger partial charge in [-0.05, 0) is 12.1 Å². The third kappa shape index (κ3) is 1.15. The van der Waals surface area contributed by atoms with Gasteiger partial charge >= 0.3 is 5.97 Å². The van der Waals surface area contributed by atoms with Gasteiger partial charge in [-0.1, -0.05) is 15.9 Å². The van der Waals surface area contributed by atoms with Crippen molar-refractivity contribution in [3.8, 4) is 0 Å². The number of cyclic esters (lactones) is 1. The molecule has 2 rings (SSSR count). The summed E-state index contributed by atoms with van der Waals surface area (Å²) in [5.41, 5.74) is -0.0353. The van der Waals surface area contributed by atoms with E-state index in [2.05, 4.69) is 20.7 Å². The molecule has 0 bridgehead atoms. The average molecular weight is 247 g/mol. The second-order valence-corrected chi connectivity index (χ2v) is 3.43. The zero-order valence-corrected chi connectivity index (χ0v) is 7.84. The molecule has 68 valence electrons. The molecule has 0 saturated heterocycles. The monoisotopic (exact) mass is 246 g/mol. The van der Waals surface area contributed by atoms with Crippen molar-refractivity contribution >= 4 is 21.9 Å². The maximum atomic E-state index is 13.1. The lowest BCUT2D eigenvalue weighted by Gasteiger charge is -2.03. The van der Waals surface area contributed by atoms with Crippen LogP contribution in [-0.2, 0) is 4.74 Å². The van der Waals surface area contributed by atoms with Crippen LogP contribution < -0.4 is 0 Å². The molecule has 13 heavy (non-hydrogen) atoms. The molecule has 0 aromatic heterocycles. The first-order valence-electron chi connectivity index (χ1n) is 3.48. The molecule has 0 spiro atoms. The quantitative estimate of drug-likeness (QED) is 0.710. The zero-order valence-electron chi connectivity index (χ0n) is 6.25. The van der Waals surface area contributed by atoms with E-state index < -0.39 is 18.1 Å². The number of esters is 1. The van der Waals surface area contributed by atoms with Crippen molar-refractivity contribution in [3.63, 3.8) is 0 Å². The topological polar surface area (TPSA) is 46.5 Å². The molecule has 1 heterocycles. The first-order chi connectivity index (χ1) is 6.11. The second-order valence-electron chi connectivity index (χ2n) is 2.58.